The van der Waals surface area contributed by atoms with E-state index in [4.69, 9.17) is 0 Å². The zero-order valence-corrected chi connectivity index (χ0v) is 9.21. The highest BCUT2D eigenvalue weighted by atomic mass is 19.1. The molecule has 1 aromatic heterocycles. The normalized spacial score (nSPS) is 10.5. The van der Waals surface area contributed by atoms with Gasteiger partial charge in [-0.15, -0.1) is 0 Å². The molecule has 0 saturated heterocycles. The Morgan fingerprint density at radius 3 is 2.59 bits per heavy atom. The number of aromatic nitrogens is 2. The minimum atomic E-state index is -0.425. The smallest absolute Gasteiger partial charge is 0.185 e. The van der Waals surface area contributed by atoms with Crippen LogP contribution >= 0.6 is 0 Å². The molecule has 0 unspecified atom stereocenters. The van der Waals surface area contributed by atoms with E-state index < -0.39 is 5.82 Å². The van der Waals surface area contributed by atoms with E-state index in [0.29, 0.717) is 6.42 Å². The number of nitrogens with one attached hydrogen (secondary N) is 2. The number of nitrogens with zero attached hydrogens (tertiary/aromatic N) is 1. The van der Waals surface area contributed by atoms with Crippen molar-refractivity contribution >= 4 is 11.5 Å². The molecule has 0 radical (unpaired) electrons. The van der Waals surface area contributed by atoms with Gasteiger partial charge in [0.15, 0.2) is 11.6 Å². The van der Waals surface area contributed by atoms with Gasteiger partial charge in [-0.2, -0.15) is 5.10 Å². The molecule has 5 heteroatoms. The van der Waals surface area contributed by atoms with Crippen LogP contribution in [0.4, 0.5) is 20.3 Å². The van der Waals surface area contributed by atoms with Crippen LogP contribution in [0.1, 0.15) is 12.0 Å². The van der Waals surface area contributed by atoms with Crippen LogP contribution in [0.25, 0.3) is 0 Å². The summed E-state index contributed by atoms with van der Waals surface area (Å²) in [5.74, 6) is -0.187. The third-order valence-corrected chi connectivity index (χ3v) is 2.42. The molecular formula is C12H13F2N3. The number of alkyl halides is 1. The highest BCUT2D eigenvalue weighted by Gasteiger charge is 2.03. The number of hydrogen-bond acceptors (Lipinski definition) is 2. The zero-order chi connectivity index (χ0) is 12.1. The third-order valence-electron chi connectivity index (χ3n) is 2.42. The first-order chi connectivity index (χ1) is 8.29. The highest BCUT2D eigenvalue weighted by Crippen LogP contribution is 2.17. The lowest BCUT2D eigenvalue weighted by molar-refractivity contribution is 0.473. The molecule has 0 aliphatic heterocycles. The minimum absolute atomic E-state index is 0.238. The number of rotatable bonds is 5. The Labute approximate surface area is 97.9 Å². The van der Waals surface area contributed by atoms with Crippen LogP contribution in [-0.2, 0) is 6.42 Å². The predicted molar refractivity (Wildman–Crippen MR) is 62.6 cm³/mol. The summed E-state index contributed by atoms with van der Waals surface area (Å²) in [4.78, 5) is 0. The maximum absolute atomic E-state index is 13.1. The maximum atomic E-state index is 13.1. The summed E-state index contributed by atoms with van der Waals surface area (Å²) in [5, 5.41) is 8.96. The Bertz CT molecular complexity index is 465. The Hall–Kier alpha value is -1.91. The average Bonchev–Trinajstić information content (AvgIpc) is 2.74. The highest BCUT2D eigenvalue weighted by molar-refractivity contribution is 5.56. The second-order valence-corrected chi connectivity index (χ2v) is 3.71. The van der Waals surface area contributed by atoms with Crippen molar-refractivity contribution < 1.29 is 8.78 Å². The molecule has 17 heavy (non-hydrogen) atoms. The Balaban J connectivity index is 2.01. The van der Waals surface area contributed by atoms with Gasteiger partial charge in [0.1, 0.15) is 0 Å². The van der Waals surface area contributed by atoms with Crippen molar-refractivity contribution in [1.29, 1.82) is 0 Å². The molecule has 0 saturated carbocycles. The lowest BCUT2D eigenvalue weighted by atomic mass is 10.1. The molecule has 1 aromatic carbocycles. The molecule has 2 rings (SSSR count). The van der Waals surface area contributed by atoms with E-state index in [0.717, 1.165) is 23.9 Å². The van der Waals surface area contributed by atoms with Gasteiger partial charge in [0.2, 0.25) is 0 Å². The molecular weight excluding hydrogens is 224 g/mol. The molecule has 0 aliphatic carbocycles. The van der Waals surface area contributed by atoms with Gasteiger partial charge in [0.05, 0.1) is 12.9 Å². The van der Waals surface area contributed by atoms with Gasteiger partial charge in [-0.3, -0.25) is 9.49 Å². The van der Waals surface area contributed by atoms with E-state index in [1.807, 2.05) is 24.3 Å². The fourth-order valence-corrected chi connectivity index (χ4v) is 1.53. The average molecular weight is 237 g/mol. The second kappa shape index (κ2) is 5.43. The second-order valence-electron chi connectivity index (χ2n) is 3.71. The van der Waals surface area contributed by atoms with Crippen LogP contribution in [-0.4, -0.2) is 16.9 Å². The summed E-state index contributed by atoms with van der Waals surface area (Å²) in [5.41, 5.74) is 1.83. The quantitative estimate of drug-likeness (QED) is 0.838. The summed E-state index contributed by atoms with van der Waals surface area (Å²) in [6, 6.07) is 7.44. The van der Waals surface area contributed by atoms with Crippen LogP contribution < -0.4 is 5.32 Å². The van der Waals surface area contributed by atoms with E-state index in [9.17, 15) is 8.78 Å². The first-order valence-corrected chi connectivity index (χ1v) is 5.40. The zero-order valence-electron chi connectivity index (χ0n) is 9.21. The van der Waals surface area contributed by atoms with Crippen LogP contribution in [0.3, 0.4) is 0 Å². The van der Waals surface area contributed by atoms with Crippen molar-refractivity contribution in [2.24, 2.45) is 0 Å². The van der Waals surface area contributed by atoms with Gasteiger partial charge in [-0.25, -0.2) is 4.39 Å². The van der Waals surface area contributed by atoms with E-state index >= 15 is 0 Å². The summed E-state index contributed by atoms with van der Waals surface area (Å²) in [6.45, 7) is -0.306. The number of hydrogen-bond donors (Lipinski definition) is 2. The van der Waals surface area contributed by atoms with Crippen LogP contribution in [0.2, 0.25) is 0 Å². The molecule has 0 fully saturated rings. The Kier molecular flexibility index (Phi) is 3.69. The summed E-state index contributed by atoms with van der Waals surface area (Å²) < 4.78 is 25.1. The standard InChI is InChI=1S/C12H13F2N3/c13-7-1-2-9-3-5-10(6-4-9)16-12-11(14)8-15-17-12/h3-6,8H,1-2,7H2,(H2,15,16,17). The molecule has 2 N–H and O–H groups in total. The van der Waals surface area contributed by atoms with Crippen molar-refractivity contribution in [2.45, 2.75) is 12.8 Å². The van der Waals surface area contributed by atoms with Crippen molar-refractivity contribution in [3.05, 3.63) is 41.8 Å². The number of aromatic amines is 1. The summed E-state index contributed by atoms with van der Waals surface area (Å²) in [6.07, 6.45) is 2.36. The Morgan fingerprint density at radius 2 is 2.00 bits per heavy atom. The topological polar surface area (TPSA) is 40.7 Å². The number of benzene rings is 1. The number of anilines is 2. The van der Waals surface area contributed by atoms with E-state index in [1.165, 1.54) is 0 Å². The van der Waals surface area contributed by atoms with Gasteiger partial charge >= 0.3 is 0 Å². The third kappa shape index (κ3) is 3.03. The summed E-state index contributed by atoms with van der Waals surface area (Å²) in [7, 11) is 0. The molecule has 0 bridgehead atoms. The van der Waals surface area contributed by atoms with Crippen molar-refractivity contribution in [3.63, 3.8) is 0 Å². The monoisotopic (exact) mass is 237 g/mol. The lowest BCUT2D eigenvalue weighted by Crippen LogP contribution is -1.93. The maximum Gasteiger partial charge on any atom is 0.185 e. The fourth-order valence-electron chi connectivity index (χ4n) is 1.53. The summed E-state index contributed by atoms with van der Waals surface area (Å²) >= 11 is 0. The van der Waals surface area contributed by atoms with Gasteiger partial charge in [-0.1, -0.05) is 12.1 Å². The van der Waals surface area contributed by atoms with Gasteiger partial charge in [-0.05, 0) is 30.5 Å². The SMILES string of the molecule is FCCCc1ccc(Nc2[nH]ncc2F)cc1. The molecule has 1 heterocycles. The molecule has 3 nitrogen and oxygen atoms in total. The van der Waals surface area contributed by atoms with E-state index in [-0.39, 0.29) is 12.5 Å². The number of aryl methyl sites for hydroxylation is 1. The lowest BCUT2D eigenvalue weighted by Gasteiger charge is -2.05. The predicted octanol–water partition coefficient (Wildman–Crippen LogP) is 3.19. The first-order valence-electron chi connectivity index (χ1n) is 5.40. The van der Waals surface area contributed by atoms with Crippen molar-refractivity contribution in [3.8, 4) is 0 Å². The molecule has 2 aromatic rings. The molecule has 90 valence electrons. The molecule has 0 aliphatic rings. The van der Waals surface area contributed by atoms with Crippen LogP contribution in [0.15, 0.2) is 30.5 Å². The van der Waals surface area contributed by atoms with E-state index in [2.05, 4.69) is 15.5 Å². The number of H-pyrrole nitrogens is 1. The number of halogens is 2. The van der Waals surface area contributed by atoms with E-state index in [1.54, 1.807) is 0 Å². The van der Waals surface area contributed by atoms with Crippen LogP contribution in [0.5, 0.6) is 0 Å². The molecule has 0 amide bonds. The van der Waals surface area contributed by atoms with Gasteiger partial charge in [0.25, 0.3) is 0 Å². The fraction of sp³-hybridized carbons (Fsp3) is 0.250. The minimum Gasteiger partial charge on any atom is -0.338 e. The van der Waals surface area contributed by atoms with Crippen LogP contribution in [0, 0.1) is 5.82 Å². The van der Waals surface area contributed by atoms with Crippen molar-refractivity contribution in [2.75, 3.05) is 12.0 Å². The first kappa shape index (κ1) is 11.6. The van der Waals surface area contributed by atoms with Crippen molar-refractivity contribution in [1.82, 2.24) is 10.2 Å². The molecule has 0 atom stereocenters. The Morgan fingerprint density at radius 1 is 1.24 bits per heavy atom. The molecule has 0 spiro atoms. The largest absolute Gasteiger partial charge is 0.338 e. The van der Waals surface area contributed by atoms with Gasteiger partial charge in [0, 0.05) is 5.69 Å². The van der Waals surface area contributed by atoms with Gasteiger partial charge < -0.3 is 5.32 Å².